The van der Waals surface area contributed by atoms with Crippen LogP contribution in [0.1, 0.15) is 118 Å². The molecule has 12 aromatic rings. The quantitative estimate of drug-likeness (QED) is 0.0347. The number of aromatic hydroxyl groups is 3. The fourth-order valence-electron chi connectivity index (χ4n) is 12.3. The van der Waals surface area contributed by atoms with E-state index in [4.69, 9.17) is 28.4 Å². The van der Waals surface area contributed by atoms with Crippen LogP contribution in [0.5, 0.6) is 51.7 Å². The van der Waals surface area contributed by atoms with Crippen molar-refractivity contribution >= 4 is 51.6 Å². The van der Waals surface area contributed by atoms with Crippen LogP contribution in [-0.2, 0) is 39.3 Å². The highest BCUT2D eigenvalue weighted by molar-refractivity contribution is 9.10. The summed E-state index contributed by atoms with van der Waals surface area (Å²) in [5.74, 6) is -1.04. The van der Waals surface area contributed by atoms with Crippen molar-refractivity contribution in [3.63, 3.8) is 0 Å². The minimum Gasteiger partial charge on any atom is -0.507 e. The molecular weight excluding hydrogens is 1500 g/mol. The van der Waals surface area contributed by atoms with Gasteiger partial charge in [0.1, 0.15) is 45.4 Å². The van der Waals surface area contributed by atoms with Crippen LogP contribution < -0.4 is 28.4 Å². The van der Waals surface area contributed by atoms with E-state index in [9.17, 15) is 59.4 Å². The van der Waals surface area contributed by atoms with E-state index in [0.29, 0.717) is 101 Å². The van der Waals surface area contributed by atoms with Crippen molar-refractivity contribution in [2.75, 3.05) is 27.8 Å². The number of aromatic carboxylic acids is 3. The number of rotatable bonds is 23. The second-order valence-corrected chi connectivity index (χ2v) is 26.4. The molecule has 2 aliphatic rings. The smallest absolute Gasteiger partial charge is 0.339 e. The SMILES string of the molecule is C.C.C.COc1ccc(CN(Cc2ccc(-c3ccc(O)c(C(=O)O)c3)cc2)C(=O)c2ccc3c(c2)OCO3)cc1.COc1ccccc1CN(Cc1ccc(-c2ccc(O)c(C(=O)O)c2)cc1)C(=O)c1ccc(Br)cc1.O=C(O)c1cc(-c2ccc(CN(Cc3ccccc3)C(=O)c3ccc4c(c3)OCO4)cc2)ccc1O. The van der Waals surface area contributed by atoms with Gasteiger partial charge < -0.3 is 73.8 Å². The molecule has 6 N–H and O–H groups in total. The first-order chi connectivity index (χ1) is 53.2. The summed E-state index contributed by atoms with van der Waals surface area (Å²) in [4.78, 5) is 80.0. The monoisotopic (exact) mass is 1590 g/mol. The number of fused-ring (bicyclic) bond motifs is 2. The van der Waals surface area contributed by atoms with E-state index in [0.717, 1.165) is 60.3 Å². The van der Waals surface area contributed by atoms with Gasteiger partial charge in [0.15, 0.2) is 23.0 Å². The molecule has 0 aliphatic carbocycles. The predicted molar refractivity (Wildman–Crippen MR) is 434 cm³/mol. The molecule has 0 aromatic heterocycles. The van der Waals surface area contributed by atoms with Gasteiger partial charge in [0.2, 0.25) is 13.6 Å². The molecule has 22 heteroatoms. The molecule has 0 radical (unpaired) electrons. The van der Waals surface area contributed by atoms with Crippen molar-refractivity contribution in [3.05, 3.63) is 338 Å². The van der Waals surface area contributed by atoms with Gasteiger partial charge in [-0.1, -0.05) is 190 Å². The fraction of sp³-hybridized carbons (Fsp3) is 0.143. The number of carboxylic acid groups (broad SMARTS) is 3. The maximum absolute atomic E-state index is 13.6. The Hall–Kier alpha value is -13.9. The summed E-state index contributed by atoms with van der Waals surface area (Å²) in [7, 11) is 3.21. The van der Waals surface area contributed by atoms with Crippen LogP contribution in [0.2, 0.25) is 0 Å². The lowest BCUT2D eigenvalue weighted by Gasteiger charge is -2.24. The lowest BCUT2D eigenvalue weighted by Crippen LogP contribution is -2.30. The van der Waals surface area contributed by atoms with Gasteiger partial charge in [-0.05, 0) is 176 Å². The highest BCUT2D eigenvalue weighted by atomic mass is 79.9. The second-order valence-electron chi connectivity index (χ2n) is 25.5. The van der Waals surface area contributed by atoms with Crippen molar-refractivity contribution in [1.29, 1.82) is 0 Å². The molecule has 0 atom stereocenters. The van der Waals surface area contributed by atoms with Gasteiger partial charge in [0, 0.05) is 66.0 Å². The number of benzene rings is 12. The standard InChI is InChI=1S/C30H25NO7.C29H24BrNO5.C29H23NO6.3CH4/c1-36-24-10-4-20(5-11-24)17-31(29(33)23-9-13-27-28(15-23)38-18-37-27)16-19-2-6-21(7-3-19)22-8-12-26(32)25(14-22)30(34)35;1-36-27-5-3-2-4-23(27)18-31(28(33)21-10-13-24(30)14-11-21)17-19-6-8-20(9-7-19)22-12-15-26(32)25(16-22)29(34)35;31-25-12-10-22(14-24(25)29(33)34)21-8-6-20(7-9-21)17-30(16-19-4-2-1-3-5-19)28(32)23-11-13-26-27(15-23)36-18-35-26;;;/h2-15,32H,16-18H2,1H3,(H,34,35);2-16,32H,17-18H2,1H3,(H,34,35);1-15,31H,16-18H2,(H,33,34);3*1H4. The van der Waals surface area contributed by atoms with Crippen LogP contribution >= 0.6 is 15.9 Å². The zero-order valence-electron chi connectivity index (χ0n) is 59.4. The molecule has 0 fully saturated rings. The number of hydrogen-bond donors (Lipinski definition) is 6. The summed E-state index contributed by atoms with van der Waals surface area (Å²) >= 11 is 3.41. The van der Waals surface area contributed by atoms with E-state index in [1.54, 1.807) is 95.6 Å². The molecule has 0 saturated carbocycles. The van der Waals surface area contributed by atoms with Crippen molar-refractivity contribution in [1.82, 2.24) is 14.7 Å². The Morgan fingerprint density at radius 1 is 0.336 bits per heavy atom. The third kappa shape index (κ3) is 20.9. The van der Waals surface area contributed by atoms with Crippen LogP contribution in [0.25, 0.3) is 33.4 Å². The molecule has 2 heterocycles. The van der Waals surface area contributed by atoms with Crippen LogP contribution in [-0.4, -0.2) is 109 Å². The highest BCUT2D eigenvalue weighted by Gasteiger charge is 2.26. The van der Waals surface area contributed by atoms with Gasteiger partial charge in [-0.2, -0.15) is 0 Å². The number of carbonyl (C=O) groups excluding carboxylic acids is 3. The lowest BCUT2D eigenvalue weighted by atomic mass is 10.0. The maximum atomic E-state index is 13.6. The Balaban J connectivity index is 0.000000192. The number of halogens is 1. The molecule has 21 nitrogen and oxygen atoms in total. The van der Waals surface area contributed by atoms with Crippen LogP contribution in [0, 0.1) is 0 Å². The molecule has 0 spiro atoms. The van der Waals surface area contributed by atoms with Crippen LogP contribution in [0.15, 0.2) is 271 Å². The summed E-state index contributed by atoms with van der Waals surface area (Å²) in [5, 5.41) is 57.3. The van der Waals surface area contributed by atoms with Gasteiger partial charge >= 0.3 is 17.9 Å². The Bertz CT molecular complexity index is 5330. The van der Waals surface area contributed by atoms with Gasteiger partial charge in [-0.25, -0.2) is 14.4 Å². The van der Waals surface area contributed by atoms with E-state index >= 15 is 0 Å². The average molecular weight is 1590 g/mol. The molecule has 3 amide bonds. The third-order valence-corrected chi connectivity index (χ3v) is 18.7. The summed E-state index contributed by atoms with van der Waals surface area (Å²) in [6.45, 7) is 2.51. The number of ether oxygens (including phenoxy) is 6. The van der Waals surface area contributed by atoms with E-state index in [-0.39, 0.29) is 87.5 Å². The van der Waals surface area contributed by atoms with E-state index < -0.39 is 17.9 Å². The van der Waals surface area contributed by atoms with Crippen molar-refractivity contribution in [3.8, 4) is 85.1 Å². The highest BCUT2D eigenvalue weighted by Crippen LogP contribution is 2.37. The Morgan fingerprint density at radius 2 is 0.655 bits per heavy atom. The van der Waals surface area contributed by atoms with E-state index in [1.807, 2.05) is 164 Å². The Morgan fingerprint density at radius 3 is 1.03 bits per heavy atom. The number of phenols is 3. The first-order valence-electron chi connectivity index (χ1n) is 34.4. The predicted octanol–water partition coefficient (Wildman–Crippen LogP) is 18.9. The van der Waals surface area contributed by atoms with Crippen molar-refractivity contribution in [2.45, 2.75) is 61.5 Å². The van der Waals surface area contributed by atoms with E-state index in [2.05, 4.69) is 15.9 Å². The number of nitrogens with zero attached hydrogens (tertiary/aromatic N) is 3. The Kier molecular flexibility index (Phi) is 28.3. The fourth-order valence-corrected chi connectivity index (χ4v) is 12.6. The molecule has 113 heavy (non-hydrogen) atoms. The largest absolute Gasteiger partial charge is 0.507 e. The zero-order chi connectivity index (χ0) is 77.4. The number of para-hydroxylation sites is 1. The molecule has 578 valence electrons. The molecule has 0 unspecified atom stereocenters. The lowest BCUT2D eigenvalue weighted by molar-refractivity contribution is 0.0682. The first-order valence-corrected chi connectivity index (χ1v) is 35.2. The van der Waals surface area contributed by atoms with Crippen molar-refractivity contribution < 1.29 is 87.8 Å². The number of methoxy groups -OCH3 is 2. The number of carbonyl (C=O) groups is 6. The van der Waals surface area contributed by atoms with Gasteiger partial charge in [0.25, 0.3) is 17.7 Å². The summed E-state index contributed by atoms with van der Waals surface area (Å²) in [6.07, 6.45) is 0. The molecule has 12 aromatic carbocycles. The number of carboxylic acids is 3. The second kappa shape index (κ2) is 38.5. The average Bonchev–Trinajstić information content (AvgIpc) is 1.71. The van der Waals surface area contributed by atoms with Gasteiger partial charge in [-0.3, -0.25) is 14.4 Å². The molecule has 0 bridgehead atoms. The number of amides is 3. The minimum absolute atomic E-state index is 0. The summed E-state index contributed by atoms with van der Waals surface area (Å²) in [6, 6.07) is 78.6. The number of hydrogen-bond acceptors (Lipinski definition) is 15. The zero-order valence-corrected chi connectivity index (χ0v) is 60.9. The first kappa shape index (κ1) is 83.2. The summed E-state index contributed by atoms with van der Waals surface area (Å²) < 4.78 is 33.3. The molecule has 14 rings (SSSR count). The van der Waals surface area contributed by atoms with Gasteiger partial charge in [0.05, 0.1) is 14.2 Å². The van der Waals surface area contributed by atoms with Crippen LogP contribution in [0.3, 0.4) is 0 Å². The topological polar surface area (TPSA) is 289 Å². The minimum atomic E-state index is -1.20. The normalized spacial score (nSPS) is 11.1. The maximum Gasteiger partial charge on any atom is 0.339 e. The molecule has 2 aliphatic heterocycles. The molecule has 0 saturated heterocycles. The van der Waals surface area contributed by atoms with Crippen LogP contribution in [0.4, 0.5) is 0 Å². The third-order valence-electron chi connectivity index (χ3n) is 18.2. The molecular formula is C91H84BrN3O18. The van der Waals surface area contributed by atoms with Crippen molar-refractivity contribution in [2.24, 2.45) is 0 Å². The van der Waals surface area contributed by atoms with Gasteiger partial charge in [-0.15, -0.1) is 0 Å². The summed E-state index contributed by atoms with van der Waals surface area (Å²) in [5.41, 5.74) is 11.1. The van der Waals surface area contributed by atoms with E-state index in [1.165, 1.54) is 36.4 Å². The Labute approximate surface area is 663 Å².